The van der Waals surface area contributed by atoms with Crippen molar-refractivity contribution in [2.75, 3.05) is 26.3 Å². The molecular formula is C11H19NO2. The summed E-state index contributed by atoms with van der Waals surface area (Å²) in [5.41, 5.74) is 0.291. The highest BCUT2D eigenvalue weighted by Gasteiger charge is 2.35. The minimum atomic E-state index is 0.291. The molecule has 0 atom stereocenters. The van der Waals surface area contributed by atoms with E-state index in [-0.39, 0.29) is 0 Å². The molecule has 80 valence electrons. The van der Waals surface area contributed by atoms with Gasteiger partial charge in [-0.15, -0.1) is 0 Å². The fourth-order valence-electron chi connectivity index (χ4n) is 2.42. The molecule has 3 nitrogen and oxygen atoms in total. The van der Waals surface area contributed by atoms with Gasteiger partial charge >= 0.3 is 0 Å². The van der Waals surface area contributed by atoms with Crippen molar-refractivity contribution >= 4 is 5.78 Å². The third-order valence-corrected chi connectivity index (χ3v) is 3.65. The first-order valence-electron chi connectivity index (χ1n) is 5.55. The summed E-state index contributed by atoms with van der Waals surface area (Å²) < 4.78 is 5.38. The van der Waals surface area contributed by atoms with Gasteiger partial charge in [0, 0.05) is 44.7 Å². The van der Waals surface area contributed by atoms with Crippen LogP contribution in [-0.4, -0.2) is 42.5 Å². The van der Waals surface area contributed by atoms with Gasteiger partial charge in [0.2, 0.25) is 0 Å². The second-order valence-electron chi connectivity index (χ2n) is 4.64. The highest BCUT2D eigenvalue weighted by molar-refractivity contribution is 5.79. The van der Waals surface area contributed by atoms with Crippen molar-refractivity contribution in [3.8, 4) is 0 Å². The van der Waals surface area contributed by atoms with Crippen molar-refractivity contribution in [2.24, 2.45) is 0 Å². The molecule has 2 aliphatic rings. The molecule has 2 aliphatic heterocycles. The van der Waals surface area contributed by atoms with Crippen LogP contribution in [0.2, 0.25) is 0 Å². The molecule has 0 aromatic carbocycles. The molecule has 0 aliphatic carbocycles. The zero-order valence-electron chi connectivity index (χ0n) is 8.92. The van der Waals surface area contributed by atoms with E-state index in [0.717, 1.165) is 52.0 Å². The highest BCUT2D eigenvalue weighted by atomic mass is 16.5. The molecule has 2 rings (SSSR count). The highest BCUT2D eigenvalue weighted by Crippen LogP contribution is 2.29. The van der Waals surface area contributed by atoms with Gasteiger partial charge in [0.15, 0.2) is 0 Å². The Morgan fingerprint density at radius 3 is 2.36 bits per heavy atom. The van der Waals surface area contributed by atoms with Crippen molar-refractivity contribution in [3.63, 3.8) is 0 Å². The van der Waals surface area contributed by atoms with Gasteiger partial charge in [-0.2, -0.15) is 0 Å². The third kappa shape index (κ3) is 1.98. The molecule has 14 heavy (non-hydrogen) atoms. The van der Waals surface area contributed by atoms with Gasteiger partial charge in [0.05, 0.1) is 0 Å². The number of piperidine rings is 1. The first kappa shape index (κ1) is 10.1. The number of ketones is 1. The number of carbonyl (C=O) groups is 1. The second kappa shape index (κ2) is 3.99. The summed E-state index contributed by atoms with van der Waals surface area (Å²) >= 11 is 0. The van der Waals surface area contributed by atoms with Crippen LogP contribution in [0.4, 0.5) is 0 Å². The molecule has 2 fully saturated rings. The Morgan fingerprint density at radius 1 is 1.21 bits per heavy atom. The zero-order chi connectivity index (χ0) is 10.0. The Kier molecular flexibility index (Phi) is 2.88. The monoisotopic (exact) mass is 197 g/mol. The molecule has 0 bridgehead atoms. The Morgan fingerprint density at radius 2 is 1.79 bits per heavy atom. The SMILES string of the molecule is CC1(N2CCC(=O)CC2)CCOCC1. The van der Waals surface area contributed by atoms with Crippen LogP contribution in [0.3, 0.4) is 0 Å². The van der Waals surface area contributed by atoms with Crippen LogP contribution in [0.1, 0.15) is 32.6 Å². The average molecular weight is 197 g/mol. The lowest BCUT2D eigenvalue weighted by atomic mass is 9.88. The Bertz CT molecular complexity index is 211. The normalized spacial score (nSPS) is 29.1. The molecule has 0 aromatic rings. The number of hydrogen-bond donors (Lipinski definition) is 0. The van der Waals surface area contributed by atoms with E-state index in [2.05, 4.69) is 11.8 Å². The van der Waals surface area contributed by atoms with Crippen LogP contribution in [-0.2, 0) is 9.53 Å². The Labute approximate surface area is 85.4 Å². The number of likely N-dealkylation sites (tertiary alicyclic amines) is 1. The number of Topliss-reactive ketones (excluding diaryl/α,β-unsaturated/α-hetero) is 1. The fraction of sp³-hybridized carbons (Fsp3) is 0.909. The minimum Gasteiger partial charge on any atom is -0.381 e. The van der Waals surface area contributed by atoms with Gasteiger partial charge in [0.1, 0.15) is 5.78 Å². The lowest BCUT2D eigenvalue weighted by Gasteiger charge is -2.45. The summed E-state index contributed by atoms with van der Waals surface area (Å²) in [6.45, 7) is 5.97. The summed E-state index contributed by atoms with van der Waals surface area (Å²) in [5, 5.41) is 0. The van der Waals surface area contributed by atoms with E-state index in [4.69, 9.17) is 4.74 Å². The second-order valence-corrected chi connectivity index (χ2v) is 4.64. The van der Waals surface area contributed by atoms with Crippen LogP contribution in [0, 0.1) is 0 Å². The van der Waals surface area contributed by atoms with Crippen LogP contribution in [0.15, 0.2) is 0 Å². The van der Waals surface area contributed by atoms with Gasteiger partial charge in [-0.25, -0.2) is 0 Å². The summed E-state index contributed by atoms with van der Waals surface area (Å²) in [4.78, 5) is 13.6. The molecule has 0 aromatic heterocycles. The molecule has 0 spiro atoms. The van der Waals surface area contributed by atoms with Gasteiger partial charge in [0.25, 0.3) is 0 Å². The number of rotatable bonds is 1. The van der Waals surface area contributed by atoms with E-state index in [9.17, 15) is 4.79 Å². The first-order chi connectivity index (χ1) is 6.71. The van der Waals surface area contributed by atoms with Gasteiger partial charge in [-0.05, 0) is 19.8 Å². The molecule has 0 radical (unpaired) electrons. The van der Waals surface area contributed by atoms with E-state index in [0.29, 0.717) is 11.3 Å². The standard InChI is InChI=1S/C11H19NO2/c1-11(4-8-14-9-5-11)12-6-2-10(13)3-7-12/h2-9H2,1H3. The average Bonchev–Trinajstić information content (AvgIpc) is 2.19. The molecule has 2 saturated heterocycles. The molecular weight excluding hydrogens is 178 g/mol. The molecule has 0 saturated carbocycles. The van der Waals surface area contributed by atoms with Crippen molar-refractivity contribution in [3.05, 3.63) is 0 Å². The van der Waals surface area contributed by atoms with Crippen molar-refractivity contribution in [1.82, 2.24) is 4.90 Å². The van der Waals surface area contributed by atoms with E-state index in [1.807, 2.05) is 0 Å². The minimum absolute atomic E-state index is 0.291. The lowest BCUT2D eigenvalue weighted by molar-refractivity contribution is -0.123. The van der Waals surface area contributed by atoms with Gasteiger partial charge in [-0.3, -0.25) is 9.69 Å². The number of hydrogen-bond acceptors (Lipinski definition) is 3. The van der Waals surface area contributed by atoms with E-state index in [1.165, 1.54) is 0 Å². The summed E-state index contributed by atoms with van der Waals surface area (Å²) in [6, 6.07) is 0. The maximum atomic E-state index is 11.1. The van der Waals surface area contributed by atoms with Crippen molar-refractivity contribution in [2.45, 2.75) is 38.1 Å². The fourth-order valence-corrected chi connectivity index (χ4v) is 2.42. The molecule has 2 heterocycles. The quantitative estimate of drug-likeness (QED) is 0.633. The van der Waals surface area contributed by atoms with Crippen molar-refractivity contribution < 1.29 is 9.53 Å². The van der Waals surface area contributed by atoms with Crippen LogP contribution >= 0.6 is 0 Å². The van der Waals surface area contributed by atoms with E-state index < -0.39 is 0 Å². The molecule has 0 amide bonds. The maximum Gasteiger partial charge on any atom is 0.135 e. The van der Waals surface area contributed by atoms with Crippen LogP contribution in [0.25, 0.3) is 0 Å². The van der Waals surface area contributed by atoms with Gasteiger partial charge in [-0.1, -0.05) is 0 Å². The van der Waals surface area contributed by atoms with Crippen molar-refractivity contribution in [1.29, 1.82) is 0 Å². The van der Waals surface area contributed by atoms with Crippen LogP contribution in [0.5, 0.6) is 0 Å². The van der Waals surface area contributed by atoms with E-state index in [1.54, 1.807) is 0 Å². The summed E-state index contributed by atoms with van der Waals surface area (Å²) in [6.07, 6.45) is 3.72. The molecule has 0 unspecified atom stereocenters. The van der Waals surface area contributed by atoms with Gasteiger partial charge < -0.3 is 4.74 Å². The molecule has 3 heteroatoms. The number of nitrogens with zero attached hydrogens (tertiary/aromatic N) is 1. The molecule has 0 N–H and O–H groups in total. The number of carbonyl (C=O) groups excluding carboxylic acids is 1. The topological polar surface area (TPSA) is 29.5 Å². The predicted molar refractivity (Wildman–Crippen MR) is 54.3 cm³/mol. The van der Waals surface area contributed by atoms with Crippen LogP contribution < -0.4 is 0 Å². The first-order valence-corrected chi connectivity index (χ1v) is 5.55. The predicted octanol–water partition coefficient (Wildman–Crippen LogP) is 1.22. The smallest absolute Gasteiger partial charge is 0.135 e. The van der Waals surface area contributed by atoms with E-state index >= 15 is 0 Å². The largest absolute Gasteiger partial charge is 0.381 e. The summed E-state index contributed by atoms with van der Waals surface area (Å²) in [7, 11) is 0. The Balaban J connectivity index is 1.95. The third-order valence-electron chi connectivity index (χ3n) is 3.65. The summed E-state index contributed by atoms with van der Waals surface area (Å²) in [5.74, 6) is 0.428. The zero-order valence-corrected chi connectivity index (χ0v) is 8.92. The number of ether oxygens (including phenoxy) is 1. The maximum absolute atomic E-state index is 11.1. The Hall–Kier alpha value is -0.410. The lowest BCUT2D eigenvalue weighted by Crippen LogP contribution is -2.52.